The maximum atomic E-state index is 11.8. The molecule has 11 N–H and O–H groups in total. The van der Waals surface area contributed by atoms with Gasteiger partial charge in [0.25, 0.3) is 11.0 Å². The molecule has 0 saturated carbocycles. The molecule has 0 aliphatic rings. The van der Waals surface area contributed by atoms with Crippen molar-refractivity contribution in [1.29, 1.82) is 0 Å². The molecule has 0 aliphatic heterocycles. The Balaban J connectivity index is 0. The number of nitrogens with zero attached hydrogens (tertiary/aromatic N) is 1. The fraction of sp³-hybridized carbons (Fsp3) is 0.909. The minimum atomic E-state index is -5.75. The summed E-state index contributed by atoms with van der Waals surface area (Å²) in [6.07, 6.45) is -0.236. The molecule has 0 saturated heterocycles. The second-order valence-electron chi connectivity index (χ2n) is 6.73. The molecule has 0 aromatic rings. The van der Waals surface area contributed by atoms with Crippen LogP contribution in [-0.4, -0.2) is 84.9 Å². The van der Waals surface area contributed by atoms with E-state index < -0.39 is 71.0 Å². The van der Waals surface area contributed by atoms with Crippen molar-refractivity contribution in [2.75, 3.05) is 13.1 Å². The molecule has 0 bridgehead atoms. The van der Waals surface area contributed by atoms with Crippen molar-refractivity contribution in [3.63, 3.8) is 0 Å². The van der Waals surface area contributed by atoms with Gasteiger partial charge in [0.2, 0.25) is 0 Å². The molecule has 0 rings (SSSR count). The number of quaternary nitrogens is 1. The summed E-state index contributed by atoms with van der Waals surface area (Å²) in [5.41, 5.74) is -1.21. The van der Waals surface area contributed by atoms with Crippen molar-refractivity contribution in [3.05, 3.63) is 0 Å². The lowest BCUT2D eigenvalue weighted by Crippen LogP contribution is -2.61. The lowest BCUT2D eigenvalue weighted by molar-refractivity contribution is -0.930. The van der Waals surface area contributed by atoms with E-state index in [-0.39, 0.29) is 12.8 Å². The Labute approximate surface area is 178 Å². The number of hydrogen-bond donors (Lipinski definition) is 10. The topological polar surface area (TPSA) is 293 Å². The zero-order valence-electron chi connectivity index (χ0n) is 16.9. The zero-order chi connectivity index (χ0) is 25.6. The molecular weight excluding hydrogens is 508 g/mol. The molecule has 0 radical (unpaired) electrons. The lowest BCUT2D eigenvalue weighted by atomic mass is 10.3. The van der Waals surface area contributed by atoms with Gasteiger partial charge in [-0.25, -0.2) is 0 Å². The first-order chi connectivity index (χ1) is 13.5. The summed E-state index contributed by atoms with van der Waals surface area (Å²) in [5.74, 6) is -0.963. The molecule has 0 heterocycles. The van der Waals surface area contributed by atoms with Gasteiger partial charge in [-0.2, -0.15) is 0 Å². The second-order valence-corrected chi connectivity index (χ2v) is 14.2. The Morgan fingerprint density at radius 3 is 1.03 bits per heavy atom. The highest BCUT2D eigenvalue weighted by Crippen LogP contribution is 2.72. The van der Waals surface area contributed by atoms with Gasteiger partial charge in [0.1, 0.15) is 6.04 Å². The third-order valence-corrected chi connectivity index (χ3v) is 11.6. The van der Waals surface area contributed by atoms with E-state index in [4.69, 9.17) is 10.8 Å². The Morgan fingerprint density at radius 1 is 0.742 bits per heavy atom. The van der Waals surface area contributed by atoms with Gasteiger partial charge in [-0.1, -0.05) is 13.8 Å². The molecule has 16 nitrogen and oxygen atoms in total. The van der Waals surface area contributed by atoms with E-state index >= 15 is 0 Å². The van der Waals surface area contributed by atoms with E-state index in [1.54, 1.807) is 0 Å². The van der Waals surface area contributed by atoms with Crippen LogP contribution in [-0.2, 0) is 23.1 Å². The van der Waals surface area contributed by atoms with E-state index in [9.17, 15) is 62.2 Å². The molecular formula is C11H31N2O14P4+. The van der Waals surface area contributed by atoms with Crippen LogP contribution in [0.3, 0.4) is 0 Å². The second kappa shape index (κ2) is 11.9. The van der Waals surface area contributed by atoms with Crippen LogP contribution in [0.25, 0.3) is 0 Å². The van der Waals surface area contributed by atoms with Crippen LogP contribution in [0, 0.1) is 0 Å². The van der Waals surface area contributed by atoms with Gasteiger partial charge >= 0.3 is 36.4 Å². The third kappa shape index (κ3) is 10.2. The number of carboxylic acid groups (broad SMARTS) is 1. The first kappa shape index (κ1) is 33.2. The SMILES string of the molecule is CCC[N+](CCC)(C(P(=O)(O)O)P(=O)(O)O)C(P(=O)(O)O)P(=O)(O)O.C[C@H](N)C(=O)O. The summed E-state index contributed by atoms with van der Waals surface area (Å²) in [6.45, 7) is 2.79. The predicted molar refractivity (Wildman–Crippen MR) is 108 cm³/mol. The predicted octanol–water partition coefficient (Wildman–Crippen LogP) is -0.681. The van der Waals surface area contributed by atoms with Crippen molar-refractivity contribution in [2.24, 2.45) is 5.73 Å². The summed E-state index contributed by atoms with van der Waals surface area (Å²) >= 11 is 0. The molecule has 188 valence electrons. The standard InChI is InChI=1S/C8H23NO12P4.C3H7NO2/c1-3-5-9(6-4-2,7(22(10,11)12)23(13,14)15)8(24(16,17)18)25(19,20)21;1-2(4)3(5)6/h7-8H,3-6H2,1-2H3,(H7-,10,11,12,13,14,15,16,17,18,19,20,21);2H,4H2,1H3,(H,5,6)/p+1/t;2-/m.0/s1. The van der Waals surface area contributed by atoms with Gasteiger partial charge in [-0.3, -0.25) is 27.5 Å². The normalized spacial score (nSPS) is 14.9. The molecule has 0 aliphatic carbocycles. The molecule has 0 fully saturated rings. The average molecular weight is 539 g/mol. The van der Waals surface area contributed by atoms with Crippen LogP contribution in [0.4, 0.5) is 0 Å². The smallest absolute Gasteiger partial charge is 0.395 e. The van der Waals surface area contributed by atoms with Crippen LogP contribution in [0.5, 0.6) is 0 Å². The Hall–Kier alpha value is -0.0100. The van der Waals surface area contributed by atoms with Crippen LogP contribution in [0.1, 0.15) is 33.6 Å². The van der Waals surface area contributed by atoms with Gasteiger partial charge in [0.15, 0.2) is 0 Å². The number of carbonyl (C=O) groups is 1. The van der Waals surface area contributed by atoms with E-state index in [1.165, 1.54) is 20.8 Å². The minimum absolute atomic E-state index is 0.118. The van der Waals surface area contributed by atoms with E-state index in [1.807, 2.05) is 0 Å². The molecule has 20 heteroatoms. The summed E-state index contributed by atoms with van der Waals surface area (Å²) in [6, 6.07) is -0.731. The van der Waals surface area contributed by atoms with Crippen LogP contribution >= 0.6 is 30.4 Å². The summed E-state index contributed by atoms with van der Waals surface area (Å²) < 4.78 is 45.5. The van der Waals surface area contributed by atoms with Crippen molar-refractivity contribution < 1.29 is 71.8 Å². The van der Waals surface area contributed by atoms with Crippen molar-refractivity contribution in [1.82, 2.24) is 0 Å². The summed E-state index contributed by atoms with van der Waals surface area (Å²) in [4.78, 5) is 85.4. The molecule has 31 heavy (non-hydrogen) atoms. The summed E-state index contributed by atoms with van der Waals surface area (Å²) in [7, 11) is -23.0. The van der Waals surface area contributed by atoms with E-state index in [0.29, 0.717) is 0 Å². The first-order valence-corrected chi connectivity index (χ1v) is 15.3. The highest BCUT2D eigenvalue weighted by Gasteiger charge is 2.68. The third-order valence-electron chi connectivity index (χ3n) is 3.79. The highest BCUT2D eigenvalue weighted by atomic mass is 31.2. The lowest BCUT2D eigenvalue weighted by Gasteiger charge is -2.48. The van der Waals surface area contributed by atoms with Gasteiger partial charge in [0, 0.05) is 0 Å². The average Bonchev–Trinajstić information content (AvgIpc) is 2.41. The van der Waals surface area contributed by atoms with E-state index in [0.717, 1.165) is 0 Å². The van der Waals surface area contributed by atoms with Gasteiger partial charge in [-0.05, 0) is 19.8 Å². The van der Waals surface area contributed by atoms with Crippen LogP contribution in [0.15, 0.2) is 0 Å². The van der Waals surface area contributed by atoms with E-state index in [2.05, 4.69) is 0 Å². The highest BCUT2D eigenvalue weighted by molar-refractivity contribution is 7.72. The fourth-order valence-corrected chi connectivity index (χ4v) is 10.5. The van der Waals surface area contributed by atoms with Crippen molar-refractivity contribution in [3.8, 4) is 0 Å². The number of nitrogens with two attached hydrogens (primary N) is 1. The molecule has 0 spiro atoms. The Bertz CT molecular complexity index is 679. The number of aliphatic carboxylic acids is 1. The number of carboxylic acids is 1. The molecule has 0 aromatic carbocycles. The maximum Gasteiger partial charge on any atom is 0.395 e. The van der Waals surface area contributed by atoms with Crippen molar-refractivity contribution >= 4 is 36.4 Å². The van der Waals surface area contributed by atoms with Gasteiger partial charge in [-0.15, -0.1) is 0 Å². The van der Waals surface area contributed by atoms with Crippen LogP contribution < -0.4 is 5.73 Å². The monoisotopic (exact) mass is 539 g/mol. The first-order valence-electron chi connectivity index (χ1n) is 8.55. The van der Waals surface area contributed by atoms with Crippen molar-refractivity contribution in [2.45, 2.75) is 50.7 Å². The number of rotatable bonds is 11. The Kier molecular flexibility index (Phi) is 12.7. The zero-order valence-corrected chi connectivity index (χ0v) is 20.5. The molecule has 0 aromatic heterocycles. The van der Waals surface area contributed by atoms with Gasteiger partial charge in [0.05, 0.1) is 13.1 Å². The quantitative estimate of drug-likeness (QED) is 0.115. The van der Waals surface area contributed by atoms with Crippen LogP contribution in [0.2, 0.25) is 0 Å². The fourth-order valence-electron chi connectivity index (χ4n) is 3.12. The Morgan fingerprint density at radius 2 is 0.935 bits per heavy atom. The largest absolute Gasteiger partial charge is 0.480 e. The number of hydrogen-bond acceptors (Lipinski definition) is 6. The molecule has 0 unspecified atom stereocenters. The van der Waals surface area contributed by atoms with Gasteiger partial charge < -0.3 is 50.0 Å². The molecule has 0 amide bonds. The minimum Gasteiger partial charge on any atom is -0.480 e. The summed E-state index contributed by atoms with van der Waals surface area (Å²) in [5, 5.41) is 7.87. The molecule has 1 atom stereocenters. The maximum absolute atomic E-state index is 11.8.